The van der Waals surface area contributed by atoms with Crippen molar-refractivity contribution >= 4 is 22.1 Å². The van der Waals surface area contributed by atoms with Crippen LogP contribution in [-0.4, -0.2) is 35.1 Å². The Morgan fingerprint density at radius 2 is 1.92 bits per heavy atom. The lowest BCUT2D eigenvalue weighted by Crippen LogP contribution is -1.91. The second kappa shape index (κ2) is 5.17. The van der Waals surface area contributed by atoms with E-state index in [1.54, 1.807) is 30.6 Å². The quantitative estimate of drug-likeness (QED) is 0.518. The number of hydrogen-bond acceptors (Lipinski definition) is 5. The molecule has 0 amide bonds. The molecule has 0 aliphatic rings. The molecule has 5 aromatic rings. The molecule has 0 atom stereocenters. The Morgan fingerprint density at radius 1 is 0.960 bits per heavy atom. The Kier molecular flexibility index (Phi) is 2.84. The van der Waals surface area contributed by atoms with Crippen LogP contribution in [0.5, 0.6) is 0 Å². The van der Waals surface area contributed by atoms with Gasteiger partial charge in [0, 0.05) is 24.2 Å². The highest BCUT2D eigenvalue weighted by molar-refractivity contribution is 5.95. The van der Waals surface area contributed by atoms with Crippen molar-refractivity contribution in [3.8, 4) is 22.8 Å². The smallest absolute Gasteiger partial charge is 0.178 e. The summed E-state index contributed by atoms with van der Waals surface area (Å²) in [6.07, 6.45) is 6.25. The van der Waals surface area contributed by atoms with Gasteiger partial charge in [-0.15, -0.1) is 0 Å². The zero-order chi connectivity index (χ0) is 16.8. The molecule has 0 saturated carbocycles. The van der Waals surface area contributed by atoms with E-state index in [4.69, 9.17) is 0 Å². The SMILES string of the molecule is Fc1c(-c2cnccn2)ccc2[nH]nc(-c3nc4ncccc4[nH]3)c12. The Morgan fingerprint density at radius 3 is 2.76 bits per heavy atom. The highest BCUT2D eigenvalue weighted by atomic mass is 19.1. The molecule has 0 fully saturated rings. The molecule has 0 aliphatic heterocycles. The molecule has 1 aromatic carbocycles. The van der Waals surface area contributed by atoms with E-state index in [0.717, 1.165) is 5.52 Å². The number of rotatable bonds is 2. The van der Waals surface area contributed by atoms with Crippen molar-refractivity contribution < 1.29 is 4.39 Å². The summed E-state index contributed by atoms with van der Waals surface area (Å²) in [5, 5.41) is 7.43. The lowest BCUT2D eigenvalue weighted by Gasteiger charge is -2.03. The number of pyridine rings is 1. The standard InChI is InChI=1S/C17H10FN7/c18-14-9(12-8-19-6-7-20-12)3-4-10-13(14)15(25-24-10)17-22-11-2-1-5-21-16(11)23-17/h1-8H,(H,24,25)(H,21,22,23). The van der Waals surface area contributed by atoms with Crippen LogP contribution in [0.1, 0.15) is 0 Å². The van der Waals surface area contributed by atoms with Gasteiger partial charge in [-0.2, -0.15) is 5.10 Å². The summed E-state index contributed by atoms with van der Waals surface area (Å²) in [5.41, 5.74) is 3.11. The van der Waals surface area contributed by atoms with Crippen LogP contribution in [0, 0.1) is 5.82 Å². The molecule has 7 nitrogen and oxygen atoms in total. The molecule has 5 rings (SSSR count). The number of hydrogen-bond donors (Lipinski definition) is 2. The maximum absolute atomic E-state index is 15.2. The number of benzene rings is 1. The molecule has 0 saturated heterocycles. The normalized spacial score (nSPS) is 11.4. The van der Waals surface area contributed by atoms with Gasteiger partial charge in [-0.25, -0.2) is 14.4 Å². The third-order valence-electron chi connectivity index (χ3n) is 3.99. The van der Waals surface area contributed by atoms with Gasteiger partial charge in [0.25, 0.3) is 0 Å². The van der Waals surface area contributed by atoms with E-state index < -0.39 is 5.82 Å². The van der Waals surface area contributed by atoms with Gasteiger partial charge in [0.1, 0.15) is 11.5 Å². The molecule has 2 N–H and O–H groups in total. The van der Waals surface area contributed by atoms with E-state index in [9.17, 15) is 0 Å². The minimum Gasteiger partial charge on any atom is -0.335 e. The molecule has 0 spiro atoms. The van der Waals surface area contributed by atoms with Crippen molar-refractivity contribution in [2.75, 3.05) is 0 Å². The topological polar surface area (TPSA) is 96.0 Å². The zero-order valence-corrected chi connectivity index (χ0v) is 12.7. The van der Waals surface area contributed by atoms with Crippen molar-refractivity contribution in [2.24, 2.45) is 0 Å². The van der Waals surface area contributed by atoms with E-state index in [0.29, 0.717) is 39.3 Å². The van der Waals surface area contributed by atoms with Gasteiger partial charge in [-0.05, 0) is 24.3 Å². The molecule has 0 radical (unpaired) electrons. The van der Waals surface area contributed by atoms with Crippen LogP contribution in [0.15, 0.2) is 49.1 Å². The fraction of sp³-hybridized carbons (Fsp3) is 0. The fourth-order valence-corrected chi connectivity index (χ4v) is 2.84. The molecular weight excluding hydrogens is 321 g/mol. The van der Waals surface area contributed by atoms with E-state index in [1.807, 2.05) is 6.07 Å². The van der Waals surface area contributed by atoms with Crippen LogP contribution < -0.4 is 0 Å². The number of aromatic amines is 2. The molecule has 8 heteroatoms. The summed E-state index contributed by atoms with van der Waals surface area (Å²) in [4.78, 5) is 19.9. The van der Waals surface area contributed by atoms with Crippen molar-refractivity contribution in [3.63, 3.8) is 0 Å². The molecule has 120 valence electrons. The summed E-state index contributed by atoms with van der Waals surface area (Å²) >= 11 is 0. The van der Waals surface area contributed by atoms with Gasteiger partial charge in [-0.1, -0.05) is 0 Å². The predicted octanol–water partition coefficient (Wildman–Crippen LogP) is 3.10. The van der Waals surface area contributed by atoms with Crippen LogP contribution >= 0.6 is 0 Å². The Hall–Kier alpha value is -3.68. The monoisotopic (exact) mass is 331 g/mol. The Labute approximate surface area is 140 Å². The minimum absolute atomic E-state index is 0.349. The summed E-state index contributed by atoms with van der Waals surface area (Å²) in [5.74, 6) is 0.0327. The first kappa shape index (κ1) is 13.7. The lowest BCUT2D eigenvalue weighted by atomic mass is 10.1. The Balaban J connectivity index is 1.77. The minimum atomic E-state index is -0.421. The van der Waals surface area contributed by atoms with Crippen LogP contribution in [-0.2, 0) is 0 Å². The summed E-state index contributed by atoms with van der Waals surface area (Å²) in [6, 6.07) is 7.08. The zero-order valence-electron chi connectivity index (χ0n) is 12.7. The predicted molar refractivity (Wildman–Crippen MR) is 90.0 cm³/mol. The molecular formula is C17H10FN7. The van der Waals surface area contributed by atoms with Gasteiger partial charge < -0.3 is 4.98 Å². The van der Waals surface area contributed by atoms with Crippen molar-refractivity contribution in [1.29, 1.82) is 0 Å². The second-order valence-corrected chi connectivity index (χ2v) is 5.47. The third-order valence-corrected chi connectivity index (χ3v) is 3.99. The number of nitrogens with zero attached hydrogens (tertiary/aromatic N) is 5. The number of nitrogens with one attached hydrogen (secondary N) is 2. The average Bonchev–Trinajstić information content (AvgIpc) is 3.27. The van der Waals surface area contributed by atoms with Gasteiger partial charge in [-0.3, -0.25) is 15.1 Å². The highest BCUT2D eigenvalue weighted by Gasteiger charge is 2.19. The van der Waals surface area contributed by atoms with Crippen molar-refractivity contribution in [3.05, 3.63) is 54.9 Å². The molecule has 25 heavy (non-hydrogen) atoms. The summed E-state index contributed by atoms with van der Waals surface area (Å²) in [6.45, 7) is 0. The fourth-order valence-electron chi connectivity index (χ4n) is 2.84. The number of H-pyrrole nitrogens is 2. The van der Waals surface area contributed by atoms with Crippen LogP contribution in [0.4, 0.5) is 4.39 Å². The van der Waals surface area contributed by atoms with Crippen LogP contribution in [0.2, 0.25) is 0 Å². The van der Waals surface area contributed by atoms with Gasteiger partial charge in [0.2, 0.25) is 0 Å². The lowest BCUT2D eigenvalue weighted by molar-refractivity contribution is 0.642. The molecule has 0 bridgehead atoms. The van der Waals surface area contributed by atoms with Gasteiger partial charge in [0.05, 0.1) is 28.3 Å². The van der Waals surface area contributed by atoms with Crippen LogP contribution in [0.3, 0.4) is 0 Å². The van der Waals surface area contributed by atoms with E-state index in [-0.39, 0.29) is 0 Å². The maximum Gasteiger partial charge on any atom is 0.178 e. The van der Waals surface area contributed by atoms with Crippen LogP contribution in [0.25, 0.3) is 44.8 Å². The summed E-state index contributed by atoms with van der Waals surface area (Å²) < 4.78 is 15.2. The highest BCUT2D eigenvalue weighted by Crippen LogP contribution is 2.32. The summed E-state index contributed by atoms with van der Waals surface area (Å²) in [7, 11) is 0. The van der Waals surface area contributed by atoms with Crippen molar-refractivity contribution in [2.45, 2.75) is 0 Å². The molecule has 0 aliphatic carbocycles. The van der Waals surface area contributed by atoms with E-state index >= 15 is 4.39 Å². The first-order chi connectivity index (χ1) is 12.3. The largest absolute Gasteiger partial charge is 0.335 e. The average molecular weight is 331 g/mol. The third kappa shape index (κ3) is 2.08. The number of fused-ring (bicyclic) bond motifs is 2. The maximum atomic E-state index is 15.2. The van der Waals surface area contributed by atoms with E-state index in [2.05, 4.69) is 35.1 Å². The number of halogens is 1. The molecule has 0 unspecified atom stereocenters. The molecule has 4 heterocycles. The van der Waals surface area contributed by atoms with Crippen molar-refractivity contribution in [1.82, 2.24) is 35.1 Å². The number of aromatic nitrogens is 7. The second-order valence-electron chi connectivity index (χ2n) is 5.47. The van der Waals surface area contributed by atoms with Gasteiger partial charge >= 0.3 is 0 Å². The number of imidazole rings is 1. The van der Waals surface area contributed by atoms with E-state index in [1.165, 1.54) is 12.4 Å². The molecule has 4 aromatic heterocycles. The first-order valence-electron chi connectivity index (χ1n) is 7.55. The van der Waals surface area contributed by atoms with Gasteiger partial charge in [0.15, 0.2) is 11.5 Å². The first-order valence-corrected chi connectivity index (χ1v) is 7.55. The Bertz CT molecular complexity index is 1180.